The standard InChI is InChI=1S/C27H29NO11/c1-15(29)28-24-26(37-18(4)32)25(36-17(3)31)23(14-35-16(2)30)39-27(24)38-21-9-7-19(8-10-21)22(33)12-11-20-6-5-13-34-20/h5-13,23-27H,14H2,1-4H3,(H,28,29)/b12-11+. The number of carbonyl (C=O) groups excluding carboxylic acids is 5. The molecule has 39 heavy (non-hydrogen) atoms. The van der Waals surface area contributed by atoms with Crippen molar-refractivity contribution >= 4 is 35.7 Å². The minimum atomic E-state index is -1.27. The van der Waals surface area contributed by atoms with Crippen molar-refractivity contribution in [3.63, 3.8) is 0 Å². The summed E-state index contributed by atoms with van der Waals surface area (Å²) in [7, 11) is 0. The maximum absolute atomic E-state index is 12.5. The van der Waals surface area contributed by atoms with Crippen LogP contribution in [-0.4, -0.2) is 66.8 Å². The average molecular weight is 544 g/mol. The van der Waals surface area contributed by atoms with Gasteiger partial charge in [0.05, 0.1) is 6.26 Å². The molecule has 1 saturated heterocycles. The molecule has 12 nitrogen and oxygen atoms in total. The van der Waals surface area contributed by atoms with Gasteiger partial charge in [-0.05, 0) is 48.6 Å². The van der Waals surface area contributed by atoms with Gasteiger partial charge in [-0.2, -0.15) is 0 Å². The summed E-state index contributed by atoms with van der Waals surface area (Å²) in [5.74, 6) is -2.05. The van der Waals surface area contributed by atoms with Crippen LogP contribution < -0.4 is 10.1 Å². The number of rotatable bonds is 10. The quantitative estimate of drug-likeness (QED) is 0.203. The first kappa shape index (κ1) is 29.1. The van der Waals surface area contributed by atoms with Gasteiger partial charge in [-0.1, -0.05) is 0 Å². The van der Waals surface area contributed by atoms with Gasteiger partial charge in [-0.15, -0.1) is 0 Å². The first-order valence-corrected chi connectivity index (χ1v) is 12.0. The molecule has 1 aliphatic heterocycles. The molecule has 2 aromatic rings. The smallest absolute Gasteiger partial charge is 0.303 e. The number of furan rings is 1. The predicted octanol–water partition coefficient (Wildman–Crippen LogP) is 2.21. The summed E-state index contributed by atoms with van der Waals surface area (Å²) in [5, 5.41) is 2.62. The Morgan fingerprint density at radius 3 is 2.13 bits per heavy atom. The minimum absolute atomic E-state index is 0.251. The van der Waals surface area contributed by atoms with E-state index in [0.29, 0.717) is 11.3 Å². The molecule has 1 amide bonds. The van der Waals surface area contributed by atoms with Crippen molar-refractivity contribution in [2.45, 2.75) is 58.3 Å². The van der Waals surface area contributed by atoms with E-state index >= 15 is 0 Å². The lowest BCUT2D eigenvalue weighted by Crippen LogP contribution is -2.67. The van der Waals surface area contributed by atoms with Crippen LogP contribution in [0.3, 0.4) is 0 Å². The van der Waals surface area contributed by atoms with Crippen LogP contribution in [0.2, 0.25) is 0 Å². The summed E-state index contributed by atoms with van der Waals surface area (Å²) in [5.41, 5.74) is 0.369. The van der Waals surface area contributed by atoms with Gasteiger partial charge in [-0.25, -0.2) is 0 Å². The molecule has 0 aliphatic carbocycles. The molecule has 0 radical (unpaired) electrons. The monoisotopic (exact) mass is 543 g/mol. The maximum Gasteiger partial charge on any atom is 0.303 e. The van der Waals surface area contributed by atoms with E-state index in [1.807, 2.05) is 0 Å². The highest BCUT2D eigenvalue weighted by atomic mass is 16.7. The Bertz CT molecular complexity index is 1200. The molecule has 5 atom stereocenters. The van der Waals surface area contributed by atoms with Crippen LogP contribution in [0.15, 0.2) is 53.2 Å². The van der Waals surface area contributed by atoms with E-state index < -0.39 is 54.5 Å². The van der Waals surface area contributed by atoms with Crippen molar-refractivity contribution in [1.82, 2.24) is 5.32 Å². The second-order valence-electron chi connectivity index (χ2n) is 8.58. The fourth-order valence-corrected chi connectivity index (χ4v) is 3.86. The number of nitrogens with one attached hydrogen (secondary N) is 1. The lowest BCUT2D eigenvalue weighted by atomic mass is 9.96. The van der Waals surface area contributed by atoms with Crippen LogP contribution in [-0.2, 0) is 38.1 Å². The number of hydrogen-bond donors (Lipinski definition) is 1. The highest BCUT2D eigenvalue weighted by Gasteiger charge is 2.51. The summed E-state index contributed by atoms with van der Waals surface area (Å²) >= 11 is 0. The Hall–Kier alpha value is -4.45. The van der Waals surface area contributed by atoms with Crippen molar-refractivity contribution in [2.75, 3.05) is 6.61 Å². The minimum Gasteiger partial charge on any atom is -0.465 e. The van der Waals surface area contributed by atoms with Crippen LogP contribution in [0.25, 0.3) is 6.08 Å². The number of ketones is 1. The van der Waals surface area contributed by atoms with Crippen LogP contribution >= 0.6 is 0 Å². The number of allylic oxidation sites excluding steroid dienone is 1. The second-order valence-corrected chi connectivity index (χ2v) is 8.58. The lowest BCUT2D eigenvalue weighted by molar-refractivity contribution is -0.257. The van der Waals surface area contributed by atoms with Crippen LogP contribution in [0.1, 0.15) is 43.8 Å². The molecule has 12 heteroatoms. The fraction of sp³-hybridized carbons (Fsp3) is 0.370. The molecule has 1 fully saturated rings. The van der Waals surface area contributed by atoms with Gasteiger partial charge in [0.2, 0.25) is 12.2 Å². The van der Waals surface area contributed by atoms with Gasteiger partial charge in [0.1, 0.15) is 30.3 Å². The summed E-state index contributed by atoms with van der Waals surface area (Å²) in [6.07, 6.45) is -0.459. The van der Waals surface area contributed by atoms with Gasteiger partial charge in [0, 0.05) is 33.3 Å². The molecule has 5 unspecified atom stereocenters. The Kier molecular flexibility index (Phi) is 9.98. The summed E-state index contributed by atoms with van der Waals surface area (Å²) in [6, 6.07) is 8.38. The SMILES string of the molecule is CC(=O)NC1C(Oc2ccc(C(=O)/C=C/c3ccco3)cc2)OC(COC(C)=O)C(OC(C)=O)C1OC(C)=O. The van der Waals surface area contributed by atoms with E-state index in [1.165, 1.54) is 50.5 Å². The third-order valence-corrected chi connectivity index (χ3v) is 5.40. The number of carbonyl (C=O) groups is 5. The van der Waals surface area contributed by atoms with Crippen LogP contribution in [0.5, 0.6) is 5.75 Å². The topological polar surface area (TPSA) is 157 Å². The summed E-state index contributed by atoms with van der Waals surface area (Å²) in [4.78, 5) is 59.8. The summed E-state index contributed by atoms with van der Waals surface area (Å²) in [6.45, 7) is 4.37. The second kappa shape index (κ2) is 13.4. The molecule has 2 heterocycles. The van der Waals surface area contributed by atoms with Crippen molar-refractivity contribution < 1.29 is 52.1 Å². The van der Waals surface area contributed by atoms with Crippen molar-refractivity contribution in [3.8, 4) is 5.75 Å². The zero-order valence-corrected chi connectivity index (χ0v) is 21.8. The first-order valence-electron chi connectivity index (χ1n) is 12.0. The average Bonchev–Trinajstić information content (AvgIpc) is 3.38. The Morgan fingerprint density at radius 1 is 0.897 bits per heavy atom. The van der Waals surface area contributed by atoms with E-state index in [1.54, 1.807) is 18.2 Å². The molecule has 3 rings (SSSR count). The van der Waals surface area contributed by atoms with Crippen molar-refractivity contribution in [2.24, 2.45) is 0 Å². The Balaban J connectivity index is 1.86. The van der Waals surface area contributed by atoms with Gasteiger partial charge in [-0.3, -0.25) is 24.0 Å². The van der Waals surface area contributed by atoms with Gasteiger partial charge in [0.25, 0.3) is 0 Å². The Labute approximate surface area is 224 Å². The number of esters is 3. The van der Waals surface area contributed by atoms with Crippen molar-refractivity contribution in [3.05, 3.63) is 60.1 Å². The first-order chi connectivity index (χ1) is 18.5. The third-order valence-electron chi connectivity index (χ3n) is 5.40. The van der Waals surface area contributed by atoms with E-state index in [-0.39, 0.29) is 18.1 Å². The number of ether oxygens (including phenoxy) is 5. The Morgan fingerprint density at radius 2 is 1.56 bits per heavy atom. The summed E-state index contributed by atoms with van der Waals surface area (Å²) < 4.78 is 33.0. The van der Waals surface area contributed by atoms with E-state index in [0.717, 1.165) is 13.8 Å². The van der Waals surface area contributed by atoms with E-state index in [4.69, 9.17) is 28.1 Å². The van der Waals surface area contributed by atoms with Gasteiger partial charge < -0.3 is 33.4 Å². The zero-order chi connectivity index (χ0) is 28.5. The van der Waals surface area contributed by atoms with Gasteiger partial charge in [0.15, 0.2) is 18.0 Å². The molecule has 1 N–H and O–H groups in total. The fourth-order valence-electron chi connectivity index (χ4n) is 3.86. The molecule has 0 spiro atoms. The number of benzene rings is 1. The zero-order valence-electron chi connectivity index (χ0n) is 21.8. The molecule has 208 valence electrons. The normalized spacial score (nSPS) is 22.5. The van der Waals surface area contributed by atoms with E-state index in [9.17, 15) is 24.0 Å². The molecule has 1 aromatic carbocycles. The highest BCUT2D eigenvalue weighted by Crippen LogP contribution is 2.29. The highest BCUT2D eigenvalue weighted by molar-refractivity contribution is 6.06. The molecule has 0 bridgehead atoms. The molecule has 0 saturated carbocycles. The molecule has 1 aliphatic rings. The maximum atomic E-state index is 12.5. The predicted molar refractivity (Wildman–Crippen MR) is 133 cm³/mol. The molecular weight excluding hydrogens is 514 g/mol. The largest absolute Gasteiger partial charge is 0.465 e. The molecule has 1 aromatic heterocycles. The third kappa shape index (κ3) is 8.54. The van der Waals surface area contributed by atoms with Crippen LogP contribution in [0, 0.1) is 0 Å². The van der Waals surface area contributed by atoms with E-state index in [2.05, 4.69) is 5.32 Å². The van der Waals surface area contributed by atoms with Crippen molar-refractivity contribution in [1.29, 1.82) is 0 Å². The lowest BCUT2D eigenvalue weighted by Gasteiger charge is -2.44. The number of amides is 1. The molecular formula is C27H29NO11. The van der Waals surface area contributed by atoms with Crippen LogP contribution in [0.4, 0.5) is 0 Å². The number of hydrogen-bond acceptors (Lipinski definition) is 11. The van der Waals surface area contributed by atoms with Gasteiger partial charge >= 0.3 is 17.9 Å².